The van der Waals surface area contributed by atoms with Gasteiger partial charge in [0.15, 0.2) is 9.84 Å². The van der Waals surface area contributed by atoms with Crippen LogP contribution in [0.4, 0.5) is 4.39 Å². The first-order valence-corrected chi connectivity index (χ1v) is 10.7. The van der Waals surface area contributed by atoms with Crippen molar-refractivity contribution in [3.8, 4) is 11.5 Å². The number of ether oxygens (including phenoxy) is 1. The number of aliphatic carboxylic acids is 1. The Hall–Kier alpha value is -2.93. The summed E-state index contributed by atoms with van der Waals surface area (Å²) in [6, 6.07) is 10.5. The Kier molecular flexibility index (Phi) is 5.61. The summed E-state index contributed by atoms with van der Waals surface area (Å²) in [5.74, 6) is -0.652. The molecule has 0 heterocycles. The number of carboxylic acids is 1. The van der Waals surface area contributed by atoms with Gasteiger partial charge >= 0.3 is 5.97 Å². The van der Waals surface area contributed by atoms with Gasteiger partial charge < -0.3 is 9.84 Å². The minimum Gasteiger partial charge on any atom is -0.481 e. The lowest BCUT2D eigenvalue weighted by Gasteiger charge is -2.17. The molecule has 0 amide bonds. The van der Waals surface area contributed by atoms with E-state index in [0.717, 1.165) is 0 Å². The highest BCUT2D eigenvalue weighted by molar-refractivity contribution is 7.91. The van der Waals surface area contributed by atoms with Crippen molar-refractivity contribution >= 4 is 26.6 Å². The lowest BCUT2D eigenvalue weighted by atomic mass is 9.98. The van der Waals surface area contributed by atoms with Crippen molar-refractivity contribution in [2.24, 2.45) is 0 Å². The highest BCUT2D eigenvalue weighted by Gasteiger charge is 2.18. The van der Waals surface area contributed by atoms with Crippen LogP contribution in [0.1, 0.15) is 23.6 Å². The first kappa shape index (κ1) is 20.8. The van der Waals surface area contributed by atoms with E-state index in [1.165, 1.54) is 24.3 Å². The smallest absolute Gasteiger partial charge is 0.307 e. The van der Waals surface area contributed by atoms with Crippen molar-refractivity contribution < 1.29 is 27.4 Å². The summed E-state index contributed by atoms with van der Waals surface area (Å²) in [6.07, 6.45) is -0.192. The van der Waals surface area contributed by atoms with E-state index in [9.17, 15) is 22.7 Å². The van der Waals surface area contributed by atoms with E-state index in [4.69, 9.17) is 4.74 Å². The van der Waals surface area contributed by atoms with E-state index in [1.807, 2.05) is 0 Å². The summed E-state index contributed by atoms with van der Waals surface area (Å²) in [5, 5.41) is 10.4. The van der Waals surface area contributed by atoms with E-state index in [0.29, 0.717) is 39.0 Å². The van der Waals surface area contributed by atoms with Crippen LogP contribution in [0.3, 0.4) is 0 Å². The van der Waals surface area contributed by atoms with E-state index in [1.54, 1.807) is 39.0 Å². The molecular weight excluding hydrogens is 395 g/mol. The normalized spacial score (nSPS) is 11.6. The molecule has 1 N–H and O–H groups in total. The zero-order valence-corrected chi connectivity index (χ0v) is 17.1. The fourth-order valence-electron chi connectivity index (χ4n) is 3.18. The van der Waals surface area contributed by atoms with Gasteiger partial charge in [-0.25, -0.2) is 12.8 Å². The Morgan fingerprint density at radius 1 is 1.10 bits per heavy atom. The van der Waals surface area contributed by atoms with Gasteiger partial charge in [-0.05, 0) is 66.3 Å². The standard InChI is InChI=1S/C22H21FO5S/c1-4-29(26,27)18-7-8-20(13(2)9-18)28-22-14(3)16(11-21(24)25)10-15-5-6-17(23)12-19(15)22/h5-10,12H,4,11H2,1-3H3,(H,24,25). The fraction of sp³-hybridized carbons (Fsp3) is 0.227. The largest absolute Gasteiger partial charge is 0.481 e. The molecule has 0 fully saturated rings. The average molecular weight is 416 g/mol. The third-order valence-corrected chi connectivity index (χ3v) is 6.58. The molecule has 0 radical (unpaired) electrons. The highest BCUT2D eigenvalue weighted by atomic mass is 32.2. The monoisotopic (exact) mass is 416 g/mol. The molecule has 0 bridgehead atoms. The maximum Gasteiger partial charge on any atom is 0.307 e. The third kappa shape index (κ3) is 4.24. The number of carboxylic acid groups (broad SMARTS) is 1. The van der Waals surface area contributed by atoms with Crippen LogP contribution in [0.15, 0.2) is 47.4 Å². The summed E-state index contributed by atoms with van der Waals surface area (Å²) >= 11 is 0. The minimum atomic E-state index is -3.35. The molecule has 3 aromatic rings. The number of sulfone groups is 1. The lowest BCUT2D eigenvalue weighted by molar-refractivity contribution is -0.136. The summed E-state index contributed by atoms with van der Waals surface area (Å²) in [4.78, 5) is 11.4. The molecule has 3 rings (SSSR count). The van der Waals surface area contributed by atoms with Gasteiger partial charge in [0, 0.05) is 5.39 Å². The number of fused-ring (bicyclic) bond motifs is 1. The molecular formula is C22H21FO5S. The first-order valence-electron chi connectivity index (χ1n) is 9.07. The van der Waals surface area contributed by atoms with Gasteiger partial charge in [0.2, 0.25) is 0 Å². The number of hydrogen-bond acceptors (Lipinski definition) is 4. The molecule has 0 aliphatic carbocycles. The van der Waals surface area contributed by atoms with E-state index in [2.05, 4.69) is 0 Å². The molecule has 0 saturated heterocycles. The third-order valence-electron chi connectivity index (χ3n) is 4.85. The average Bonchev–Trinajstić information content (AvgIpc) is 2.66. The van der Waals surface area contributed by atoms with Gasteiger partial charge in [-0.2, -0.15) is 0 Å². The number of carbonyl (C=O) groups is 1. The van der Waals surface area contributed by atoms with E-state index >= 15 is 0 Å². The molecule has 3 aromatic carbocycles. The predicted molar refractivity (Wildman–Crippen MR) is 109 cm³/mol. The van der Waals surface area contributed by atoms with Crippen molar-refractivity contribution in [2.45, 2.75) is 32.1 Å². The molecule has 0 unspecified atom stereocenters. The number of aryl methyl sites for hydroxylation is 1. The van der Waals surface area contributed by atoms with Crippen molar-refractivity contribution in [3.05, 3.63) is 65.0 Å². The van der Waals surface area contributed by atoms with Crippen molar-refractivity contribution in [1.29, 1.82) is 0 Å². The van der Waals surface area contributed by atoms with Gasteiger partial charge in [0.1, 0.15) is 17.3 Å². The van der Waals surface area contributed by atoms with Gasteiger partial charge in [-0.15, -0.1) is 0 Å². The molecule has 0 atom stereocenters. The molecule has 29 heavy (non-hydrogen) atoms. The van der Waals surface area contributed by atoms with Gasteiger partial charge in [0.25, 0.3) is 0 Å². The van der Waals surface area contributed by atoms with Crippen LogP contribution in [0.25, 0.3) is 10.8 Å². The summed E-state index contributed by atoms with van der Waals surface area (Å²) in [6.45, 7) is 5.03. The van der Waals surface area contributed by atoms with E-state index in [-0.39, 0.29) is 17.1 Å². The summed E-state index contributed by atoms with van der Waals surface area (Å²) in [5.41, 5.74) is 1.76. The van der Waals surface area contributed by atoms with Crippen LogP contribution in [0, 0.1) is 19.7 Å². The molecule has 0 aromatic heterocycles. The number of rotatable bonds is 6. The number of benzene rings is 3. The zero-order chi connectivity index (χ0) is 21.3. The van der Waals surface area contributed by atoms with Crippen LogP contribution < -0.4 is 4.74 Å². The quantitative estimate of drug-likeness (QED) is 0.624. The Morgan fingerprint density at radius 2 is 1.83 bits per heavy atom. The Balaban J connectivity index is 2.15. The molecule has 7 heteroatoms. The number of halogens is 1. The maximum absolute atomic E-state index is 13.9. The van der Waals surface area contributed by atoms with Gasteiger partial charge in [0.05, 0.1) is 17.1 Å². The van der Waals surface area contributed by atoms with Crippen LogP contribution in [0.2, 0.25) is 0 Å². The molecule has 152 valence electrons. The molecule has 0 aliphatic heterocycles. The predicted octanol–water partition coefficient (Wildman–Crippen LogP) is 4.81. The Bertz CT molecular complexity index is 1220. The lowest BCUT2D eigenvalue weighted by Crippen LogP contribution is -2.05. The molecule has 0 aliphatic rings. The van der Waals surface area contributed by atoms with Crippen LogP contribution in [-0.4, -0.2) is 25.2 Å². The maximum atomic E-state index is 13.9. The second kappa shape index (κ2) is 7.83. The Labute approximate surface area is 168 Å². The van der Waals surface area contributed by atoms with E-state index < -0.39 is 21.6 Å². The number of hydrogen-bond donors (Lipinski definition) is 1. The Morgan fingerprint density at radius 3 is 2.45 bits per heavy atom. The molecule has 5 nitrogen and oxygen atoms in total. The van der Waals surface area contributed by atoms with Gasteiger partial charge in [-0.3, -0.25) is 4.79 Å². The topological polar surface area (TPSA) is 80.7 Å². The van der Waals surface area contributed by atoms with Crippen molar-refractivity contribution in [2.75, 3.05) is 5.75 Å². The van der Waals surface area contributed by atoms with Crippen LogP contribution in [-0.2, 0) is 21.1 Å². The van der Waals surface area contributed by atoms with Crippen LogP contribution in [0.5, 0.6) is 11.5 Å². The zero-order valence-electron chi connectivity index (χ0n) is 16.3. The second-order valence-corrected chi connectivity index (χ2v) is 9.14. The van der Waals surface area contributed by atoms with Crippen molar-refractivity contribution in [1.82, 2.24) is 0 Å². The van der Waals surface area contributed by atoms with Crippen LogP contribution >= 0.6 is 0 Å². The second-order valence-electron chi connectivity index (χ2n) is 6.86. The van der Waals surface area contributed by atoms with Gasteiger partial charge in [-0.1, -0.05) is 19.1 Å². The molecule has 0 spiro atoms. The summed E-state index contributed by atoms with van der Waals surface area (Å²) in [7, 11) is -3.35. The highest BCUT2D eigenvalue weighted by Crippen LogP contribution is 2.37. The summed E-state index contributed by atoms with van der Waals surface area (Å²) < 4.78 is 44.2. The molecule has 0 saturated carbocycles. The fourth-order valence-corrected chi connectivity index (χ4v) is 4.14. The van der Waals surface area contributed by atoms with Crippen molar-refractivity contribution in [3.63, 3.8) is 0 Å². The minimum absolute atomic E-state index is 0.00704. The first-order chi connectivity index (χ1) is 13.6. The SMILES string of the molecule is CCS(=O)(=O)c1ccc(Oc2c(C)c(CC(=O)O)cc3ccc(F)cc23)c(C)c1.